The van der Waals surface area contributed by atoms with Crippen LogP contribution in [0.25, 0.3) is 17.2 Å². The summed E-state index contributed by atoms with van der Waals surface area (Å²) in [7, 11) is 1.67. The maximum Gasteiger partial charge on any atom is 0.126 e. The Kier molecular flexibility index (Phi) is 3.01. The molecule has 16 heavy (non-hydrogen) atoms. The zero-order chi connectivity index (χ0) is 11.4. The summed E-state index contributed by atoms with van der Waals surface area (Å²) in [5, 5.41) is 0. The normalized spacial score (nSPS) is 9.81. The number of hydrogen-bond donors (Lipinski definition) is 0. The molecule has 0 aliphatic heterocycles. The van der Waals surface area contributed by atoms with Gasteiger partial charge in [0.1, 0.15) is 5.75 Å². The number of aromatic nitrogens is 1. The van der Waals surface area contributed by atoms with E-state index >= 15 is 0 Å². The summed E-state index contributed by atoms with van der Waals surface area (Å²) in [6.45, 7) is 3.79. The van der Waals surface area contributed by atoms with Crippen molar-refractivity contribution in [2.45, 2.75) is 0 Å². The van der Waals surface area contributed by atoms with E-state index in [1.54, 1.807) is 25.6 Å². The van der Waals surface area contributed by atoms with Crippen molar-refractivity contribution >= 4 is 6.08 Å². The lowest BCUT2D eigenvalue weighted by Crippen LogP contribution is -1.90. The van der Waals surface area contributed by atoms with Crippen LogP contribution >= 0.6 is 0 Å². The van der Waals surface area contributed by atoms with Gasteiger partial charge in [0, 0.05) is 23.5 Å². The van der Waals surface area contributed by atoms with Gasteiger partial charge in [0.05, 0.1) is 7.11 Å². The van der Waals surface area contributed by atoms with Crippen molar-refractivity contribution in [2.75, 3.05) is 7.11 Å². The molecule has 0 unspecified atom stereocenters. The van der Waals surface area contributed by atoms with Gasteiger partial charge in [0.2, 0.25) is 0 Å². The van der Waals surface area contributed by atoms with Gasteiger partial charge in [-0.3, -0.25) is 4.98 Å². The Hall–Kier alpha value is -2.09. The molecular weight excluding hydrogens is 198 g/mol. The van der Waals surface area contributed by atoms with Crippen LogP contribution in [0.15, 0.2) is 49.3 Å². The maximum atomic E-state index is 5.34. The highest BCUT2D eigenvalue weighted by Gasteiger charge is 2.07. The van der Waals surface area contributed by atoms with Crippen molar-refractivity contribution in [3.63, 3.8) is 0 Å². The molecule has 0 spiro atoms. The van der Waals surface area contributed by atoms with Crippen molar-refractivity contribution in [1.82, 2.24) is 4.98 Å². The molecule has 0 saturated heterocycles. The first-order valence-corrected chi connectivity index (χ1v) is 5.06. The fourth-order valence-corrected chi connectivity index (χ4v) is 1.68. The number of para-hydroxylation sites is 1. The number of benzene rings is 1. The summed E-state index contributed by atoms with van der Waals surface area (Å²) in [4.78, 5) is 4.09. The summed E-state index contributed by atoms with van der Waals surface area (Å²) < 4.78 is 5.34. The Balaban J connectivity index is 2.62. The Bertz CT molecular complexity index is 506. The predicted molar refractivity (Wildman–Crippen MR) is 66.3 cm³/mol. The van der Waals surface area contributed by atoms with E-state index in [0.29, 0.717) is 0 Å². The zero-order valence-corrected chi connectivity index (χ0v) is 9.18. The van der Waals surface area contributed by atoms with E-state index in [9.17, 15) is 0 Å². The van der Waals surface area contributed by atoms with Crippen LogP contribution < -0.4 is 4.74 Å². The van der Waals surface area contributed by atoms with Gasteiger partial charge in [-0.25, -0.2) is 0 Å². The summed E-state index contributed by atoms with van der Waals surface area (Å²) in [5.41, 5.74) is 3.15. The summed E-state index contributed by atoms with van der Waals surface area (Å²) in [6, 6.07) is 9.89. The molecule has 2 rings (SSSR count). The van der Waals surface area contributed by atoms with Crippen LogP contribution in [0.1, 0.15) is 5.56 Å². The molecule has 0 bridgehead atoms. The third-order valence-corrected chi connectivity index (χ3v) is 2.47. The molecule has 2 nitrogen and oxygen atoms in total. The van der Waals surface area contributed by atoms with Crippen LogP contribution in [-0.2, 0) is 0 Å². The highest BCUT2D eigenvalue weighted by molar-refractivity contribution is 5.78. The molecule has 2 heteroatoms. The SMILES string of the molecule is C=Cc1cnccc1-c1ccccc1OC. The molecule has 0 saturated carbocycles. The highest BCUT2D eigenvalue weighted by Crippen LogP contribution is 2.31. The molecule has 2 aromatic rings. The Morgan fingerprint density at radius 2 is 2.00 bits per heavy atom. The molecule has 0 radical (unpaired) electrons. The standard InChI is InChI=1S/C14H13NO/c1-3-11-10-15-9-8-12(11)13-6-4-5-7-14(13)16-2/h3-10H,1H2,2H3. The minimum absolute atomic E-state index is 0.858. The second kappa shape index (κ2) is 4.62. The Morgan fingerprint density at radius 3 is 2.75 bits per heavy atom. The van der Waals surface area contributed by atoms with Gasteiger partial charge >= 0.3 is 0 Å². The van der Waals surface area contributed by atoms with Gasteiger partial charge in [-0.15, -0.1) is 0 Å². The Morgan fingerprint density at radius 1 is 1.19 bits per heavy atom. The van der Waals surface area contributed by atoms with E-state index in [0.717, 1.165) is 22.4 Å². The van der Waals surface area contributed by atoms with E-state index in [-0.39, 0.29) is 0 Å². The lowest BCUT2D eigenvalue weighted by Gasteiger charge is -2.10. The third kappa shape index (κ3) is 1.82. The largest absolute Gasteiger partial charge is 0.496 e. The monoisotopic (exact) mass is 211 g/mol. The molecular formula is C14H13NO. The van der Waals surface area contributed by atoms with Gasteiger partial charge in [-0.2, -0.15) is 0 Å². The van der Waals surface area contributed by atoms with E-state index in [1.165, 1.54) is 0 Å². The average molecular weight is 211 g/mol. The van der Waals surface area contributed by atoms with Crippen LogP contribution in [0.3, 0.4) is 0 Å². The first-order valence-electron chi connectivity index (χ1n) is 5.06. The van der Waals surface area contributed by atoms with Gasteiger partial charge in [-0.1, -0.05) is 30.9 Å². The van der Waals surface area contributed by atoms with E-state index in [4.69, 9.17) is 4.74 Å². The summed E-state index contributed by atoms with van der Waals surface area (Å²) >= 11 is 0. The van der Waals surface area contributed by atoms with Crippen molar-refractivity contribution in [1.29, 1.82) is 0 Å². The van der Waals surface area contributed by atoms with Gasteiger partial charge < -0.3 is 4.74 Å². The molecule has 0 fully saturated rings. The van der Waals surface area contributed by atoms with Crippen LogP contribution in [0.4, 0.5) is 0 Å². The van der Waals surface area contributed by atoms with Gasteiger partial charge in [-0.05, 0) is 17.7 Å². The zero-order valence-electron chi connectivity index (χ0n) is 9.18. The molecule has 0 amide bonds. The highest BCUT2D eigenvalue weighted by atomic mass is 16.5. The average Bonchev–Trinajstić information content (AvgIpc) is 2.38. The van der Waals surface area contributed by atoms with E-state index in [2.05, 4.69) is 11.6 Å². The van der Waals surface area contributed by atoms with Crippen LogP contribution in [-0.4, -0.2) is 12.1 Å². The number of ether oxygens (including phenoxy) is 1. The molecule has 80 valence electrons. The third-order valence-electron chi connectivity index (χ3n) is 2.47. The van der Waals surface area contributed by atoms with E-state index in [1.807, 2.05) is 30.3 Å². The number of hydrogen-bond acceptors (Lipinski definition) is 2. The predicted octanol–water partition coefficient (Wildman–Crippen LogP) is 3.40. The lowest BCUT2D eigenvalue weighted by molar-refractivity contribution is 0.416. The van der Waals surface area contributed by atoms with Crippen molar-refractivity contribution in [2.24, 2.45) is 0 Å². The van der Waals surface area contributed by atoms with E-state index < -0.39 is 0 Å². The number of nitrogens with zero attached hydrogens (tertiary/aromatic N) is 1. The topological polar surface area (TPSA) is 22.1 Å². The Labute approximate surface area is 95.2 Å². The van der Waals surface area contributed by atoms with Crippen molar-refractivity contribution < 1.29 is 4.74 Å². The molecule has 0 aliphatic rings. The van der Waals surface area contributed by atoms with Crippen LogP contribution in [0, 0.1) is 0 Å². The fraction of sp³-hybridized carbons (Fsp3) is 0.0714. The van der Waals surface area contributed by atoms with Crippen LogP contribution in [0.2, 0.25) is 0 Å². The quantitative estimate of drug-likeness (QED) is 0.776. The minimum atomic E-state index is 0.858. The molecule has 1 heterocycles. The number of rotatable bonds is 3. The summed E-state index contributed by atoms with van der Waals surface area (Å²) in [5.74, 6) is 0.858. The second-order valence-electron chi connectivity index (χ2n) is 3.37. The lowest BCUT2D eigenvalue weighted by atomic mass is 10.0. The first-order chi connectivity index (χ1) is 7.86. The number of methoxy groups -OCH3 is 1. The molecule has 0 atom stereocenters. The van der Waals surface area contributed by atoms with Gasteiger partial charge in [0.25, 0.3) is 0 Å². The second-order valence-corrected chi connectivity index (χ2v) is 3.37. The first kappa shape index (κ1) is 10.4. The molecule has 1 aromatic heterocycles. The number of pyridine rings is 1. The van der Waals surface area contributed by atoms with Crippen molar-refractivity contribution in [3.05, 3.63) is 54.9 Å². The summed E-state index contributed by atoms with van der Waals surface area (Å²) in [6.07, 6.45) is 5.37. The fourth-order valence-electron chi connectivity index (χ4n) is 1.68. The smallest absolute Gasteiger partial charge is 0.126 e. The molecule has 0 N–H and O–H groups in total. The van der Waals surface area contributed by atoms with Crippen LogP contribution in [0.5, 0.6) is 5.75 Å². The molecule has 1 aromatic carbocycles. The maximum absolute atomic E-state index is 5.34. The van der Waals surface area contributed by atoms with Gasteiger partial charge in [0.15, 0.2) is 0 Å². The van der Waals surface area contributed by atoms with Crippen molar-refractivity contribution in [3.8, 4) is 16.9 Å². The molecule has 0 aliphatic carbocycles. The minimum Gasteiger partial charge on any atom is -0.496 e.